The summed E-state index contributed by atoms with van der Waals surface area (Å²) in [5.74, 6) is 2.03. The molecule has 4 aliphatic rings. The van der Waals surface area contributed by atoms with Crippen LogP contribution in [0.4, 0.5) is 0 Å². The predicted octanol–water partition coefficient (Wildman–Crippen LogP) is 3.20. The number of hydrogen-bond acceptors (Lipinski definition) is 3. The minimum atomic E-state index is -0.173. The van der Waals surface area contributed by atoms with Gasteiger partial charge in [-0.25, -0.2) is 0 Å². The van der Waals surface area contributed by atoms with E-state index in [1.165, 1.54) is 37.5 Å². The molecular weight excluding hydrogens is 290 g/mol. The highest BCUT2D eigenvalue weighted by Gasteiger charge is 2.51. The average Bonchev–Trinajstić information content (AvgIpc) is 2.46. The number of amides is 1. The molecule has 4 saturated carbocycles. The van der Waals surface area contributed by atoms with Crippen molar-refractivity contribution in [1.29, 1.82) is 0 Å². The zero-order valence-electron chi connectivity index (χ0n) is 13.2. The molecule has 4 heteroatoms. The minimum Gasteiger partial charge on any atom is -0.504 e. The molecule has 5 rings (SSSR count). The van der Waals surface area contributed by atoms with E-state index in [0.29, 0.717) is 5.56 Å². The van der Waals surface area contributed by atoms with Gasteiger partial charge in [0.05, 0.1) is 0 Å². The van der Waals surface area contributed by atoms with Crippen molar-refractivity contribution < 1.29 is 15.0 Å². The summed E-state index contributed by atoms with van der Waals surface area (Å²) in [6.45, 7) is 0. The van der Waals surface area contributed by atoms with Gasteiger partial charge >= 0.3 is 0 Å². The van der Waals surface area contributed by atoms with Gasteiger partial charge in [-0.05, 0) is 80.1 Å². The molecule has 4 aliphatic carbocycles. The van der Waals surface area contributed by atoms with Crippen LogP contribution < -0.4 is 5.32 Å². The summed E-state index contributed by atoms with van der Waals surface area (Å²) in [4.78, 5) is 12.3. The number of rotatable bonds is 3. The second kappa shape index (κ2) is 5.29. The Hall–Kier alpha value is -1.97. The first kappa shape index (κ1) is 14.6. The van der Waals surface area contributed by atoms with Crippen molar-refractivity contribution in [2.75, 3.05) is 0 Å². The largest absolute Gasteiger partial charge is 0.504 e. The van der Waals surface area contributed by atoms with Crippen LogP contribution in [0.15, 0.2) is 24.3 Å². The second-order valence-corrected chi connectivity index (χ2v) is 7.77. The lowest BCUT2D eigenvalue weighted by Gasteiger charge is -2.56. The average molecular weight is 313 g/mol. The van der Waals surface area contributed by atoms with Crippen LogP contribution >= 0.6 is 0 Å². The lowest BCUT2D eigenvalue weighted by molar-refractivity contribution is -0.122. The lowest BCUT2D eigenvalue weighted by atomic mass is 9.53. The summed E-state index contributed by atoms with van der Waals surface area (Å²) in [6.07, 6.45) is 10.7. The van der Waals surface area contributed by atoms with Crippen LogP contribution in [-0.2, 0) is 4.79 Å². The van der Waals surface area contributed by atoms with Crippen LogP contribution in [0, 0.1) is 17.8 Å². The smallest absolute Gasteiger partial charge is 0.244 e. The molecule has 0 heterocycles. The van der Waals surface area contributed by atoms with Gasteiger partial charge in [-0.3, -0.25) is 4.79 Å². The first-order valence-corrected chi connectivity index (χ1v) is 8.53. The molecule has 0 atom stereocenters. The molecule has 1 aromatic carbocycles. The highest BCUT2D eigenvalue weighted by Crippen LogP contribution is 2.55. The van der Waals surface area contributed by atoms with Gasteiger partial charge < -0.3 is 15.5 Å². The number of carbonyl (C=O) groups is 1. The van der Waals surface area contributed by atoms with Gasteiger partial charge in [0.25, 0.3) is 0 Å². The van der Waals surface area contributed by atoms with Gasteiger partial charge in [-0.15, -0.1) is 0 Å². The zero-order valence-corrected chi connectivity index (χ0v) is 13.2. The van der Waals surface area contributed by atoms with E-state index < -0.39 is 0 Å². The zero-order chi connectivity index (χ0) is 16.0. The molecule has 3 N–H and O–H groups in total. The highest BCUT2D eigenvalue weighted by molar-refractivity contribution is 5.92. The van der Waals surface area contributed by atoms with Gasteiger partial charge in [0.2, 0.25) is 5.91 Å². The number of carbonyl (C=O) groups excluding carboxylic acids is 1. The van der Waals surface area contributed by atoms with Gasteiger partial charge in [-0.2, -0.15) is 0 Å². The Morgan fingerprint density at radius 1 is 1.04 bits per heavy atom. The van der Waals surface area contributed by atoms with Gasteiger partial charge in [0.1, 0.15) is 0 Å². The summed E-state index contributed by atoms with van der Waals surface area (Å²) < 4.78 is 0. The maximum absolute atomic E-state index is 12.3. The number of aromatic hydroxyl groups is 2. The van der Waals surface area contributed by atoms with Crippen LogP contribution in [0.3, 0.4) is 0 Å². The molecule has 0 aliphatic heterocycles. The summed E-state index contributed by atoms with van der Waals surface area (Å²) in [5.41, 5.74) is 0.716. The number of nitrogens with one attached hydrogen (secondary N) is 1. The molecule has 0 radical (unpaired) electrons. The molecule has 1 aromatic rings. The highest BCUT2D eigenvalue weighted by atomic mass is 16.3. The van der Waals surface area contributed by atoms with Gasteiger partial charge in [0.15, 0.2) is 11.5 Å². The summed E-state index contributed by atoms with van der Waals surface area (Å²) in [7, 11) is 0. The fraction of sp³-hybridized carbons (Fsp3) is 0.526. The third-order valence-electron chi connectivity index (χ3n) is 5.85. The summed E-state index contributed by atoms with van der Waals surface area (Å²) in [5, 5.41) is 22.1. The third-order valence-corrected chi connectivity index (χ3v) is 5.85. The normalized spacial score (nSPS) is 34.9. The van der Waals surface area contributed by atoms with E-state index in [0.717, 1.165) is 37.0 Å². The lowest BCUT2D eigenvalue weighted by Crippen LogP contribution is -2.59. The molecule has 122 valence electrons. The Morgan fingerprint density at radius 2 is 1.65 bits per heavy atom. The Bertz CT molecular complexity index is 629. The number of phenolic OH excluding ortho intramolecular Hbond substituents is 2. The molecule has 0 spiro atoms. The molecule has 4 bridgehead atoms. The van der Waals surface area contributed by atoms with Gasteiger partial charge in [-0.1, -0.05) is 6.07 Å². The van der Waals surface area contributed by atoms with E-state index in [4.69, 9.17) is 0 Å². The van der Waals surface area contributed by atoms with E-state index in [1.54, 1.807) is 12.1 Å². The van der Waals surface area contributed by atoms with Gasteiger partial charge in [0, 0.05) is 11.6 Å². The van der Waals surface area contributed by atoms with Crippen LogP contribution in [0.25, 0.3) is 6.08 Å². The fourth-order valence-electron chi connectivity index (χ4n) is 5.38. The summed E-state index contributed by atoms with van der Waals surface area (Å²) >= 11 is 0. The van der Waals surface area contributed by atoms with Crippen molar-refractivity contribution >= 4 is 12.0 Å². The van der Waals surface area contributed by atoms with Crippen molar-refractivity contribution in [2.24, 2.45) is 17.8 Å². The van der Waals surface area contributed by atoms with E-state index >= 15 is 0 Å². The van der Waals surface area contributed by atoms with Crippen LogP contribution in [0.2, 0.25) is 0 Å². The van der Waals surface area contributed by atoms with Crippen LogP contribution in [-0.4, -0.2) is 21.7 Å². The Labute approximate surface area is 136 Å². The molecule has 0 aromatic heterocycles. The van der Waals surface area contributed by atoms with Crippen molar-refractivity contribution in [3.63, 3.8) is 0 Å². The van der Waals surface area contributed by atoms with Crippen molar-refractivity contribution in [1.82, 2.24) is 5.32 Å². The SMILES string of the molecule is O=C(/C=C/c1ccc(O)c(O)c1)NC12CC3CC(CC(C3)C1)C2. The standard InChI is InChI=1S/C19H23NO3/c21-16-3-1-12(8-17(16)22)2-4-18(23)20-19-9-13-5-14(10-19)7-15(6-13)11-19/h1-4,8,13-15,21-22H,5-7,9-11H2,(H,20,23)/b4-2+. The maximum Gasteiger partial charge on any atom is 0.244 e. The fourth-order valence-corrected chi connectivity index (χ4v) is 5.38. The molecule has 4 nitrogen and oxygen atoms in total. The molecule has 1 amide bonds. The molecule has 4 fully saturated rings. The first-order chi connectivity index (χ1) is 11.0. The molecule has 0 unspecified atom stereocenters. The predicted molar refractivity (Wildman–Crippen MR) is 87.9 cm³/mol. The van der Waals surface area contributed by atoms with Crippen LogP contribution in [0.1, 0.15) is 44.1 Å². The van der Waals surface area contributed by atoms with E-state index in [2.05, 4.69) is 5.32 Å². The topological polar surface area (TPSA) is 69.6 Å². The first-order valence-electron chi connectivity index (χ1n) is 8.53. The number of phenols is 2. The minimum absolute atomic E-state index is 0.0211. The maximum atomic E-state index is 12.3. The number of benzene rings is 1. The Morgan fingerprint density at radius 3 is 2.22 bits per heavy atom. The molecule has 23 heavy (non-hydrogen) atoms. The van der Waals surface area contributed by atoms with Crippen molar-refractivity contribution in [3.05, 3.63) is 29.8 Å². The molecular formula is C19H23NO3. The van der Waals surface area contributed by atoms with E-state index in [1.807, 2.05) is 0 Å². The second-order valence-electron chi connectivity index (χ2n) is 7.77. The Kier molecular flexibility index (Phi) is 3.36. The van der Waals surface area contributed by atoms with Crippen molar-refractivity contribution in [3.8, 4) is 11.5 Å². The van der Waals surface area contributed by atoms with Crippen molar-refractivity contribution in [2.45, 2.75) is 44.1 Å². The quantitative estimate of drug-likeness (QED) is 0.593. The van der Waals surface area contributed by atoms with E-state index in [9.17, 15) is 15.0 Å². The summed E-state index contributed by atoms with van der Waals surface area (Å²) in [6, 6.07) is 4.54. The van der Waals surface area contributed by atoms with Crippen LogP contribution in [0.5, 0.6) is 11.5 Å². The number of hydrogen-bond donors (Lipinski definition) is 3. The van der Waals surface area contributed by atoms with E-state index in [-0.39, 0.29) is 22.9 Å². The Balaban J connectivity index is 1.44. The molecule has 0 saturated heterocycles. The third kappa shape index (κ3) is 2.82. The monoisotopic (exact) mass is 313 g/mol.